The standard InChI is InChI=1S/C28H42N4O.2C2H4O2/c1-22-17-26(32-16-13-29(18-24(32)3)21-28(4,5)33)11-12-27(22)31-15-14-30(23(2)19-31)20-25-9-7-6-8-10-25;2*1-2(3)4/h6-12,17,23-24,33H,13-16,18-21H2,1-5H3;2*1H3,(H,3,4)/t23-,24-;;/m0../s1. The van der Waals surface area contributed by atoms with Gasteiger partial charge in [0.05, 0.1) is 5.60 Å². The zero-order valence-electron chi connectivity index (χ0n) is 25.9. The fourth-order valence-corrected chi connectivity index (χ4v) is 5.55. The first-order valence-electron chi connectivity index (χ1n) is 14.4. The van der Waals surface area contributed by atoms with E-state index in [1.807, 2.05) is 13.8 Å². The van der Waals surface area contributed by atoms with Gasteiger partial charge >= 0.3 is 0 Å². The average Bonchev–Trinajstić information content (AvgIpc) is 2.84. The molecule has 0 amide bonds. The highest BCUT2D eigenvalue weighted by Gasteiger charge is 2.28. The Kier molecular flexibility index (Phi) is 13.1. The molecule has 0 radical (unpaired) electrons. The molecule has 0 saturated carbocycles. The van der Waals surface area contributed by atoms with E-state index in [0.29, 0.717) is 12.1 Å². The van der Waals surface area contributed by atoms with Crippen molar-refractivity contribution in [2.45, 2.75) is 72.7 Å². The van der Waals surface area contributed by atoms with Crippen LogP contribution >= 0.6 is 0 Å². The zero-order chi connectivity index (χ0) is 30.7. The molecule has 2 heterocycles. The fraction of sp³-hybridized carbons (Fsp3) is 0.562. The van der Waals surface area contributed by atoms with Crippen LogP contribution in [0.4, 0.5) is 11.4 Å². The summed E-state index contributed by atoms with van der Waals surface area (Å²) >= 11 is 0. The molecule has 2 aliphatic rings. The number of carbonyl (C=O) groups is 2. The van der Waals surface area contributed by atoms with Crippen molar-refractivity contribution in [2.24, 2.45) is 0 Å². The van der Waals surface area contributed by atoms with Crippen LogP contribution in [0.5, 0.6) is 0 Å². The molecule has 0 aliphatic carbocycles. The zero-order valence-corrected chi connectivity index (χ0v) is 25.9. The Morgan fingerprint density at radius 3 is 2.00 bits per heavy atom. The van der Waals surface area contributed by atoms with E-state index in [0.717, 1.165) is 66.2 Å². The number of carboxylic acid groups (broad SMARTS) is 2. The van der Waals surface area contributed by atoms with Gasteiger partial charge in [0, 0.05) is 89.7 Å². The second-order valence-corrected chi connectivity index (χ2v) is 11.8. The molecule has 4 rings (SSSR count). The normalized spacial score (nSPS) is 19.9. The highest BCUT2D eigenvalue weighted by molar-refractivity contribution is 5.63. The Hall–Kier alpha value is -3.14. The monoisotopic (exact) mass is 570 g/mol. The van der Waals surface area contributed by atoms with Gasteiger partial charge < -0.3 is 25.1 Å². The van der Waals surface area contributed by atoms with Gasteiger partial charge in [0.25, 0.3) is 11.9 Å². The van der Waals surface area contributed by atoms with Gasteiger partial charge in [-0.25, -0.2) is 0 Å². The quantitative estimate of drug-likeness (QED) is 0.472. The van der Waals surface area contributed by atoms with E-state index in [2.05, 4.69) is 88.9 Å². The molecular weight excluding hydrogens is 520 g/mol. The Morgan fingerprint density at radius 2 is 1.49 bits per heavy atom. The van der Waals surface area contributed by atoms with Crippen molar-refractivity contribution in [1.29, 1.82) is 0 Å². The van der Waals surface area contributed by atoms with Crippen LogP contribution in [0.25, 0.3) is 0 Å². The predicted octanol–water partition coefficient (Wildman–Crippen LogP) is 4.17. The molecule has 2 fully saturated rings. The molecular formula is C32H50N4O5. The minimum Gasteiger partial charge on any atom is -0.481 e. The van der Waals surface area contributed by atoms with Gasteiger partial charge in [-0.15, -0.1) is 0 Å². The number of anilines is 2. The van der Waals surface area contributed by atoms with Crippen molar-refractivity contribution < 1.29 is 24.9 Å². The van der Waals surface area contributed by atoms with Crippen molar-refractivity contribution in [2.75, 3.05) is 55.6 Å². The topological polar surface area (TPSA) is 108 Å². The predicted molar refractivity (Wildman–Crippen MR) is 166 cm³/mol. The van der Waals surface area contributed by atoms with Gasteiger partial charge in [0.1, 0.15) is 0 Å². The van der Waals surface area contributed by atoms with Crippen LogP contribution in [0.15, 0.2) is 48.5 Å². The number of nitrogens with zero attached hydrogens (tertiary/aromatic N) is 4. The summed E-state index contributed by atoms with van der Waals surface area (Å²) in [6, 6.07) is 18.8. The SMILES string of the molecule is CC(=O)O.CC(=O)O.Cc1cc(N2CCN(CC(C)(C)O)C[C@@H]2C)ccc1N1CCN(Cc2ccccc2)[C@@H](C)C1. The maximum Gasteiger partial charge on any atom is 0.300 e. The van der Waals surface area contributed by atoms with E-state index in [9.17, 15) is 5.11 Å². The first kappa shape index (κ1) is 34.1. The third-order valence-corrected chi connectivity index (χ3v) is 7.17. The van der Waals surface area contributed by atoms with E-state index in [1.54, 1.807) is 0 Å². The Bertz CT molecular complexity index is 1090. The Balaban J connectivity index is 0.000000653. The van der Waals surface area contributed by atoms with E-state index in [4.69, 9.17) is 19.8 Å². The Morgan fingerprint density at radius 1 is 0.878 bits per heavy atom. The molecule has 0 spiro atoms. The van der Waals surface area contributed by atoms with E-state index in [1.165, 1.54) is 22.5 Å². The second kappa shape index (κ2) is 15.7. The third-order valence-electron chi connectivity index (χ3n) is 7.17. The first-order valence-corrected chi connectivity index (χ1v) is 14.4. The summed E-state index contributed by atoms with van der Waals surface area (Å²) in [7, 11) is 0. The van der Waals surface area contributed by atoms with Gasteiger partial charge in [-0.05, 0) is 63.9 Å². The summed E-state index contributed by atoms with van der Waals surface area (Å²) in [4.78, 5) is 28.1. The summed E-state index contributed by atoms with van der Waals surface area (Å²) in [5, 5.41) is 25.0. The first-order chi connectivity index (χ1) is 19.2. The number of carboxylic acids is 2. The highest BCUT2D eigenvalue weighted by atomic mass is 16.4. The third kappa shape index (κ3) is 12.1. The summed E-state index contributed by atoms with van der Waals surface area (Å²) in [6.45, 7) is 20.9. The molecule has 41 heavy (non-hydrogen) atoms. The van der Waals surface area contributed by atoms with E-state index >= 15 is 0 Å². The molecule has 2 atom stereocenters. The minimum atomic E-state index is -0.833. The van der Waals surface area contributed by atoms with Gasteiger partial charge in [-0.3, -0.25) is 19.4 Å². The molecule has 2 aliphatic heterocycles. The maximum atomic E-state index is 10.2. The van der Waals surface area contributed by atoms with Gasteiger partial charge in [-0.2, -0.15) is 0 Å². The van der Waals surface area contributed by atoms with Crippen LogP contribution in [-0.2, 0) is 16.1 Å². The van der Waals surface area contributed by atoms with Crippen LogP contribution in [0.2, 0.25) is 0 Å². The molecule has 2 aromatic carbocycles. The van der Waals surface area contributed by atoms with E-state index < -0.39 is 17.5 Å². The molecule has 228 valence electrons. The van der Waals surface area contributed by atoms with Crippen LogP contribution in [-0.4, -0.2) is 101 Å². The lowest BCUT2D eigenvalue weighted by atomic mass is 10.0. The molecule has 9 heteroatoms. The van der Waals surface area contributed by atoms with Crippen molar-refractivity contribution in [3.8, 4) is 0 Å². The summed E-state index contributed by atoms with van der Waals surface area (Å²) in [5.41, 5.74) is 4.82. The second-order valence-electron chi connectivity index (χ2n) is 11.8. The van der Waals surface area contributed by atoms with Crippen molar-refractivity contribution in [3.05, 3.63) is 59.7 Å². The fourth-order valence-electron chi connectivity index (χ4n) is 5.55. The summed E-state index contributed by atoms with van der Waals surface area (Å²) in [5.74, 6) is -1.67. The number of β-amino-alcohol motifs (C(OH)–C–C–N with tert-alkyl or cyclic N) is 1. The van der Waals surface area contributed by atoms with Crippen molar-refractivity contribution in [1.82, 2.24) is 9.80 Å². The van der Waals surface area contributed by atoms with Gasteiger partial charge in [0.15, 0.2) is 0 Å². The Labute approximate surface area is 246 Å². The molecule has 0 unspecified atom stereocenters. The molecule has 0 bridgehead atoms. The number of rotatable bonds is 6. The number of benzene rings is 2. The minimum absolute atomic E-state index is 0.438. The van der Waals surface area contributed by atoms with Gasteiger partial charge in [0.2, 0.25) is 0 Å². The maximum absolute atomic E-state index is 10.2. The number of hydrogen-bond donors (Lipinski definition) is 3. The van der Waals surface area contributed by atoms with Crippen LogP contribution in [0, 0.1) is 6.92 Å². The largest absolute Gasteiger partial charge is 0.481 e. The van der Waals surface area contributed by atoms with Gasteiger partial charge in [-0.1, -0.05) is 30.3 Å². The summed E-state index contributed by atoms with van der Waals surface area (Å²) in [6.07, 6.45) is 0. The molecule has 3 N–H and O–H groups in total. The number of aliphatic carboxylic acids is 2. The van der Waals surface area contributed by atoms with Crippen molar-refractivity contribution in [3.63, 3.8) is 0 Å². The number of hydrogen-bond acceptors (Lipinski definition) is 7. The number of piperazine rings is 2. The van der Waals surface area contributed by atoms with Crippen molar-refractivity contribution >= 4 is 23.3 Å². The average molecular weight is 571 g/mol. The summed E-state index contributed by atoms with van der Waals surface area (Å²) < 4.78 is 0. The van der Waals surface area contributed by atoms with Crippen LogP contribution in [0.3, 0.4) is 0 Å². The van der Waals surface area contributed by atoms with Crippen LogP contribution < -0.4 is 9.80 Å². The molecule has 0 aromatic heterocycles. The smallest absolute Gasteiger partial charge is 0.300 e. The molecule has 9 nitrogen and oxygen atoms in total. The lowest BCUT2D eigenvalue weighted by Crippen LogP contribution is -2.54. The number of aryl methyl sites for hydroxylation is 1. The highest BCUT2D eigenvalue weighted by Crippen LogP contribution is 2.30. The molecule has 2 saturated heterocycles. The lowest BCUT2D eigenvalue weighted by Gasteiger charge is -2.43. The van der Waals surface area contributed by atoms with E-state index in [-0.39, 0.29) is 0 Å². The number of aliphatic hydroxyl groups is 1. The van der Waals surface area contributed by atoms with Crippen LogP contribution in [0.1, 0.15) is 52.7 Å². The lowest BCUT2D eigenvalue weighted by molar-refractivity contribution is -0.135. The molecule has 2 aromatic rings.